The van der Waals surface area contributed by atoms with Crippen LogP contribution in [-0.2, 0) is 20.7 Å². The van der Waals surface area contributed by atoms with E-state index >= 15 is 0 Å². The van der Waals surface area contributed by atoms with Crippen molar-refractivity contribution in [2.75, 3.05) is 6.54 Å². The SMILES string of the molecule is NC1CCN([PH2]=O)C(=O)C1(N)NC(=O)OCc1ccccc1. The molecule has 3 unspecified atom stereocenters. The minimum atomic E-state index is -1.80. The van der Waals surface area contributed by atoms with E-state index in [2.05, 4.69) is 5.32 Å². The van der Waals surface area contributed by atoms with Crippen molar-refractivity contribution in [1.82, 2.24) is 9.99 Å². The third-order valence-corrected chi connectivity index (χ3v) is 4.28. The fourth-order valence-electron chi connectivity index (χ4n) is 2.18. The van der Waals surface area contributed by atoms with Crippen molar-refractivity contribution >= 4 is 20.6 Å². The molecule has 1 fully saturated rings. The van der Waals surface area contributed by atoms with E-state index in [0.29, 0.717) is 6.42 Å². The van der Waals surface area contributed by atoms with Crippen LogP contribution in [-0.4, -0.2) is 34.9 Å². The average molecular weight is 326 g/mol. The summed E-state index contributed by atoms with van der Waals surface area (Å²) < 4.78 is 17.2. The number of nitrogens with zero attached hydrogens (tertiary/aromatic N) is 1. The molecule has 1 aromatic rings. The van der Waals surface area contributed by atoms with Crippen LogP contribution in [0.4, 0.5) is 4.79 Å². The van der Waals surface area contributed by atoms with Gasteiger partial charge in [-0.25, -0.2) is 4.79 Å². The lowest BCUT2D eigenvalue weighted by Crippen LogP contribution is -2.75. The second-order valence-electron chi connectivity index (χ2n) is 5.05. The van der Waals surface area contributed by atoms with Gasteiger partial charge in [-0.15, -0.1) is 0 Å². The molecule has 0 aromatic heterocycles. The molecule has 120 valence electrons. The summed E-state index contributed by atoms with van der Waals surface area (Å²) in [4.78, 5) is 24.0. The van der Waals surface area contributed by atoms with Crippen molar-refractivity contribution in [1.29, 1.82) is 0 Å². The Morgan fingerprint density at radius 1 is 1.45 bits per heavy atom. The molecule has 0 radical (unpaired) electrons. The van der Waals surface area contributed by atoms with Gasteiger partial charge in [0.25, 0.3) is 5.91 Å². The molecule has 8 nitrogen and oxygen atoms in total. The summed E-state index contributed by atoms with van der Waals surface area (Å²) in [5.41, 5.74) is 10.8. The second-order valence-corrected chi connectivity index (χ2v) is 5.89. The maximum Gasteiger partial charge on any atom is 0.409 e. The molecule has 0 saturated carbocycles. The number of rotatable bonds is 4. The Morgan fingerprint density at radius 3 is 2.77 bits per heavy atom. The Kier molecular flexibility index (Phi) is 5.18. The molecule has 9 heteroatoms. The molecule has 2 amide bonds. The molecule has 2 rings (SSSR count). The van der Waals surface area contributed by atoms with Crippen molar-refractivity contribution in [3.05, 3.63) is 35.9 Å². The van der Waals surface area contributed by atoms with Crippen LogP contribution in [0.25, 0.3) is 0 Å². The normalized spacial score (nSPS) is 25.5. The average Bonchev–Trinajstić information content (AvgIpc) is 2.52. The van der Waals surface area contributed by atoms with Gasteiger partial charge in [0.2, 0.25) is 0 Å². The van der Waals surface area contributed by atoms with Gasteiger partial charge in [0.05, 0.1) is 6.04 Å². The van der Waals surface area contributed by atoms with E-state index in [4.69, 9.17) is 16.2 Å². The highest BCUT2D eigenvalue weighted by molar-refractivity contribution is 7.21. The number of alkyl carbamates (subject to hydrolysis) is 1. The maximum atomic E-state index is 12.2. The predicted molar refractivity (Wildman–Crippen MR) is 81.4 cm³/mol. The monoisotopic (exact) mass is 326 g/mol. The Labute approximate surface area is 129 Å². The van der Waals surface area contributed by atoms with E-state index in [1.807, 2.05) is 18.2 Å². The van der Waals surface area contributed by atoms with Crippen LogP contribution in [0.3, 0.4) is 0 Å². The lowest BCUT2D eigenvalue weighted by Gasteiger charge is -2.41. The van der Waals surface area contributed by atoms with E-state index < -0.39 is 32.3 Å². The van der Waals surface area contributed by atoms with Crippen molar-refractivity contribution in [3.8, 4) is 0 Å². The first-order valence-electron chi connectivity index (χ1n) is 6.77. The summed E-state index contributed by atoms with van der Waals surface area (Å²) in [6.07, 6.45) is -0.505. The fraction of sp³-hybridized carbons (Fsp3) is 0.385. The molecule has 0 aliphatic carbocycles. The molecule has 1 aliphatic heterocycles. The molecule has 1 heterocycles. The first-order valence-corrected chi connectivity index (χ1v) is 7.76. The number of amides is 2. The Balaban J connectivity index is 1.99. The zero-order chi connectivity index (χ0) is 16.2. The Hall–Kier alpha value is -1.89. The van der Waals surface area contributed by atoms with Gasteiger partial charge in [-0.1, -0.05) is 30.3 Å². The summed E-state index contributed by atoms with van der Waals surface area (Å²) in [5, 5.41) is 2.30. The number of piperidine rings is 1. The molecule has 1 saturated heterocycles. The van der Waals surface area contributed by atoms with E-state index in [9.17, 15) is 14.2 Å². The summed E-state index contributed by atoms with van der Waals surface area (Å²) in [6.45, 7) is 0.307. The van der Waals surface area contributed by atoms with Crippen LogP contribution in [0, 0.1) is 0 Å². The van der Waals surface area contributed by atoms with Crippen molar-refractivity contribution in [2.45, 2.75) is 24.7 Å². The second kappa shape index (κ2) is 6.91. The van der Waals surface area contributed by atoms with Crippen molar-refractivity contribution in [2.24, 2.45) is 11.5 Å². The van der Waals surface area contributed by atoms with Gasteiger partial charge in [-0.3, -0.25) is 20.5 Å². The van der Waals surface area contributed by atoms with Gasteiger partial charge in [0.1, 0.15) is 6.61 Å². The molecular formula is C13H19N4O4P. The van der Waals surface area contributed by atoms with Gasteiger partial charge >= 0.3 is 6.09 Å². The van der Waals surface area contributed by atoms with Crippen molar-refractivity contribution < 1.29 is 18.9 Å². The smallest absolute Gasteiger partial charge is 0.409 e. The maximum absolute atomic E-state index is 12.2. The third-order valence-electron chi connectivity index (χ3n) is 3.53. The quantitative estimate of drug-likeness (QED) is 0.519. The van der Waals surface area contributed by atoms with Gasteiger partial charge in [-0.05, 0) is 12.0 Å². The molecule has 1 aliphatic rings. The van der Waals surface area contributed by atoms with Crippen LogP contribution < -0.4 is 16.8 Å². The molecular weight excluding hydrogens is 307 g/mol. The summed E-state index contributed by atoms with van der Waals surface area (Å²) in [5.74, 6) is -0.659. The lowest BCUT2D eigenvalue weighted by molar-refractivity contribution is -0.136. The number of hydrogen-bond donors (Lipinski definition) is 3. The van der Waals surface area contributed by atoms with E-state index in [0.717, 1.165) is 10.2 Å². The topological polar surface area (TPSA) is 128 Å². The van der Waals surface area contributed by atoms with Crippen LogP contribution in [0.1, 0.15) is 12.0 Å². The number of nitrogens with two attached hydrogens (primary N) is 2. The number of benzene rings is 1. The summed E-state index contributed by atoms with van der Waals surface area (Å²) in [7, 11) is -1.46. The molecule has 22 heavy (non-hydrogen) atoms. The zero-order valence-corrected chi connectivity index (χ0v) is 13.1. The highest BCUT2D eigenvalue weighted by Crippen LogP contribution is 2.22. The molecule has 3 atom stereocenters. The highest BCUT2D eigenvalue weighted by Gasteiger charge is 2.47. The van der Waals surface area contributed by atoms with E-state index in [1.165, 1.54) is 0 Å². The van der Waals surface area contributed by atoms with E-state index in [1.54, 1.807) is 12.1 Å². The van der Waals surface area contributed by atoms with Gasteiger partial charge in [-0.2, -0.15) is 0 Å². The fourth-order valence-corrected chi connectivity index (χ4v) is 2.74. The Bertz CT molecular complexity index is 570. The lowest BCUT2D eigenvalue weighted by atomic mass is 9.94. The number of ether oxygens (including phenoxy) is 1. The van der Waals surface area contributed by atoms with Crippen LogP contribution in [0.15, 0.2) is 30.3 Å². The number of hydrogen-bond acceptors (Lipinski definition) is 6. The first kappa shape index (κ1) is 16.5. The van der Waals surface area contributed by atoms with Gasteiger partial charge < -0.3 is 15.0 Å². The molecule has 0 spiro atoms. The molecule has 5 N–H and O–H groups in total. The van der Waals surface area contributed by atoms with Gasteiger partial charge in [0.15, 0.2) is 14.3 Å². The van der Waals surface area contributed by atoms with Gasteiger partial charge in [0, 0.05) is 6.54 Å². The molecule has 1 aromatic carbocycles. The number of carbonyl (C=O) groups excluding carboxylic acids is 2. The van der Waals surface area contributed by atoms with Crippen LogP contribution >= 0.6 is 8.61 Å². The Morgan fingerprint density at radius 2 is 2.14 bits per heavy atom. The minimum absolute atomic E-state index is 0.0443. The third kappa shape index (κ3) is 3.47. The first-order chi connectivity index (χ1) is 10.5. The summed E-state index contributed by atoms with van der Waals surface area (Å²) in [6, 6.07) is 8.30. The van der Waals surface area contributed by atoms with Crippen molar-refractivity contribution in [3.63, 3.8) is 0 Å². The number of carbonyl (C=O) groups is 2. The largest absolute Gasteiger partial charge is 0.445 e. The molecule has 0 bridgehead atoms. The number of nitrogens with one attached hydrogen (secondary N) is 1. The van der Waals surface area contributed by atoms with Crippen LogP contribution in [0.5, 0.6) is 0 Å². The van der Waals surface area contributed by atoms with E-state index in [-0.39, 0.29) is 13.2 Å². The van der Waals surface area contributed by atoms with Crippen LogP contribution in [0.2, 0.25) is 0 Å². The highest BCUT2D eigenvalue weighted by atomic mass is 31.1. The standard InChI is InChI=1S/C13H19N4O4P/c14-10-6-7-17(22-20)11(18)13(10,15)16-12(19)21-8-9-4-2-1-3-5-9/h1-5,10H,6-8,14-15,22H2,(H,16,19). The minimum Gasteiger partial charge on any atom is -0.445 e. The summed E-state index contributed by atoms with van der Waals surface area (Å²) >= 11 is 0. The zero-order valence-electron chi connectivity index (χ0n) is 11.9. The predicted octanol–water partition coefficient (Wildman–Crippen LogP) is -0.201.